The number of hydrogen-bond acceptors (Lipinski definition) is 2. The molecular formula is C11H14ClIN2O. The number of hydrogen-bond donors (Lipinski definition) is 1. The Morgan fingerprint density at radius 2 is 2.19 bits per heavy atom. The average Bonchev–Trinajstić information content (AvgIpc) is 2.20. The Hall–Kier alpha value is -0.490. The Kier molecular flexibility index (Phi) is 5.34. The maximum atomic E-state index is 11.3. The summed E-state index contributed by atoms with van der Waals surface area (Å²) in [5, 5.41) is 3.93. The predicted octanol–water partition coefficient (Wildman–Crippen LogP) is 2.83. The van der Waals surface area contributed by atoms with E-state index in [1.54, 1.807) is 19.0 Å². The van der Waals surface area contributed by atoms with Crippen LogP contribution in [0.5, 0.6) is 0 Å². The first-order chi connectivity index (χ1) is 7.50. The van der Waals surface area contributed by atoms with Gasteiger partial charge in [-0.15, -0.1) is 0 Å². The largest absolute Gasteiger partial charge is 0.384 e. The lowest BCUT2D eigenvalue weighted by atomic mass is 10.3. The van der Waals surface area contributed by atoms with Gasteiger partial charge in [-0.3, -0.25) is 4.79 Å². The number of anilines is 1. The summed E-state index contributed by atoms with van der Waals surface area (Å²) in [6.45, 7) is 0.634. The molecule has 5 heteroatoms. The predicted molar refractivity (Wildman–Crippen MR) is 76.0 cm³/mol. The number of rotatable bonds is 4. The topological polar surface area (TPSA) is 32.3 Å². The molecular weight excluding hydrogens is 338 g/mol. The van der Waals surface area contributed by atoms with E-state index >= 15 is 0 Å². The smallest absolute Gasteiger partial charge is 0.223 e. The maximum Gasteiger partial charge on any atom is 0.223 e. The number of nitrogens with one attached hydrogen (secondary N) is 1. The third-order valence-corrected chi connectivity index (χ3v) is 3.21. The monoisotopic (exact) mass is 352 g/mol. The summed E-state index contributed by atoms with van der Waals surface area (Å²) in [6.07, 6.45) is 0.492. The minimum atomic E-state index is 0.122. The van der Waals surface area contributed by atoms with Crippen molar-refractivity contribution in [3.8, 4) is 0 Å². The lowest BCUT2D eigenvalue weighted by Gasteiger charge is -2.12. The number of carbonyl (C=O) groups excluding carboxylic acids is 1. The molecule has 3 nitrogen and oxygen atoms in total. The molecule has 0 atom stereocenters. The molecule has 0 aliphatic rings. The van der Waals surface area contributed by atoms with Crippen molar-refractivity contribution in [2.24, 2.45) is 0 Å². The summed E-state index contributed by atoms with van der Waals surface area (Å²) < 4.78 is 1.06. The highest BCUT2D eigenvalue weighted by molar-refractivity contribution is 14.1. The van der Waals surface area contributed by atoms with Crippen molar-refractivity contribution in [1.82, 2.24) is 4.90 Å². The van der Waals surface area contributed by atoms with Gasteiger partial charge < -0.3 is 10.2 Å². The van der Waals surface area contributed by atoms with Gasteiger partial charge in [0, 0.05) is 41.3 Å². The molecule has 0 bridgehead atoms. The highest BCUT2D eigenvalue weighted by Crippen LogP contribution is 2.22. The first kappa shape index (κ1) is 13.6. The molecule has 0 spiro atoms. The lowest BCUT2D eigenvalue weighted by molar-refractivity contribution is -0.128. The second kappa shape index (κ2) is 6.30. The van der Waals surface area contributed by atoms with Crippen LogP contribution in [0.3, 0.4) is 0 Å². The molecule has 88 valence electrons. The first-order valence-electron chi connectivity index (χ1n) is 4.90. The van der Waals surface area contributed by atoms with Crippen LogP contribution < -0.4 is 5.32 Å². The molecule has 1 amide bonds. The van der Waals surface area contributed by atoms with E-state index in [1.807, 2.05) is 18.2 Å². The van der Waals surface area contributed by atoms with E-state index in [4.69, 9.17) is 11.6 Å². The van der Waals surface area contributed by atoms with Gasteiger partial charge in [0.1, 0.15) is 0 Å². The van der Waals surface area contributed by atoms with Gasteiger partial charge in [-0.1, -0.05) is 11.6 Å². The summed E-state index contributed by atoms with van der Waals surface area (Å²) in [6, 6.07) is 5.64. The van der Waals surface area contributed by atoms with Crippen molar-refractivity contribution in [3.63, 3.8) is 0 Å². The van der Waals surface area contributed by atoms with Gasteiger partial charge in [-0.25, -0.2) is 0 Å². The van der Waals surface area contributed by atoms with Gasteiger partial charge in [-0.2, -0.15) is 0 Å². The van der Waals surface area contributed by atoms with Crippen LogP contribution in [-0.4, -0.2) is 31.4 Å². The van der Waals surface area contributed by atoms with Crippen LogP contribution in [0.2, 0.25) is 5.02 Å². The van der Waals surface area contributed by atoms with Gasteiger partial charge in [-0.05, 0) is 40.8 Å². The molecule has 1 aromatic rings. The Labute approximate surface area is 114 Å². The van der Waals surface area contributed by atoms with Gasteiger partial charge in [0.05, 0.1) is 0 Å². The summed E-state index contributed by atoms with van der Waals surface area (Å²) >= 11 is 8.06. The third kappa shape index (κ3) is 4.17. The van der Waals surface area contributed by atoms with Crippen molar-refractivity contribution < 1.29 is 4.79 Å². The van der Waals surface area contributed by atoms with Crippen molar-refractivity contribution >= 4 is 45.8 Å². The molecule has 0 heterocycles. The normalized spacial score (nSPS) is 10.0. The second-order valence-corrected chi connectivity index (χ2v) is 5.19. The number of benzene rings is 1. The van der Waals surface area contributed by atoms with Crippen molar-refractivity contribution in [3.05, 3.63) is 26.8 Å². The molecule has 1 aromatic carbocycles. The average molecular weight is 353 g/mol. The zero-order chi connectivity index (χ0) is 12.1. The molecule has 0 unspecified atom stereocenters. The van der Waals surface area contributed by atoms with E-state index in [0.29, 0.717) is 13.0 Å². The van der Waals surface area contributed by atoms with Gasteiger partial charge in [0.25, 0.3) is 0 Å². The zero-order valence-corrected chi connectivity index (χ0v) is 12.2. The van der Waals surface area contributed by atoms with E-state index < -0.39 is 0 Å². The fraction of sp³-hybridized carbons (Fsp3) is 0.364. The Morgan fingerprint density at radius 3 is 2.75 bits per heavy atom. The summed E-state index contributed by atoms with van der Waals surface area (Å²) in [4.78, 5) is 12.9. The molecule has 0 saturated heterocycles. The number of halogens is 2. The summed E-state index contributed by atoms with van der Waals surface area (Å²) in [5.41, 5.74) is 1.01. The molecule has 16 heavy (non-hydrogen) atoms. The molecule has 0 saturated carbocycles. The van der Waals surface area contributed by atoms with E-state index in [1.165, 1.54) is 0 Å². The van der Waals surface area contributed by atoms with Crippen LogP contribution in [0.1, 0.15) is 6.42 Å². The van der Waals surface area contributed by atoms with E-state index in [2.05, 4.69) is 27.9 Å². The molecule has 0 aliphatic heterocycles. The first-order valence-corrected chi connectivity index (χ1v) is 6.35. The second-order valence-electron chi connectivity index (χ2n) is 3.59. The number of nitrogens with zero attached hydrogens (tertiary/aromatic N) is 1. The van der Waals surface area contributed by atoms with E-state index in [-0.39, 0.29) is 5.91 Å². The van der Waals surface area contributed by atoms with Gasteiger partial charge in [0.2, 0.25) is 5.91 Å². The Morgan fingerprint density at radius 1 is 1.50 bits per heavy atom. The van der Waals surface area contributed by atoms with Crippen molar-refractivity contribution in [2.45, 2.75) is 6.42 Å². The fourth-order valence-electron chi connectivity index (χ4n) is 1.16. The maximum absolute atomic E-state index is 11.3. The standard InChI is InChI=1S/C11H14ClIN2O/c1-15(2)11(16)5-6-14-10-4-3-8(12)7-9(10)13/h3-4,7,14H,5-6H2,1-2H3. The van der Waals surface area contributed by atoms with Gasteiger partial charge in [0.15, 0.2) is 0 Å². The SMILES string of the molecule is CN(C)C(=O)CCNc1ccc(Cl)cc1I. The molecule has 0 aromatic heterocycles. The van der Waals surface area contributed by atoms with Crippen LogP contribution in [0.4, 0.5) is 5.69 Å². The van der Waals surface area contributed by atoms with Crippen molar-refractivity contribution in [1.29, 1.82) is 0 Å². The highest BCUT2D eigenvalue weighted by atomic mass is 127. The van der Waals surface area contributed by atoms with Crippen LogP contribution in [0.25, 0.3) is 0 Å². The Bertz CT molecular complexity index is 382. The van der Waals surface area contributed by atoms with Crippen LogP contribution >= 0.6 is 34.2 Å². The third-order valence-electron chi connectivity index (χ3n) is 2.08. The van der Waals surface area contributed by atoms with Crippen LogP contribution in [-0.2, 0) is 4.79 Å². The van der Waals surface area contributed by atoms with Crippen molar-refractivity contribution in [2.75, 3.05) is 26.0 Å². The quantitative estimate of drug-likeness (QED) is 0.845. The summed E-state index contributed by atoms with van der Waals surface area (Å²) in [5.74, 6) is 0.122. The summed E-state index contributed by atoms with van der Waals surface area (Å²) in [7, 11) is 3.52. The molecule has 0 fully saturated rings. The zero-order valence-electron chi connectivity index (χ0n) is 9.26. The minimum Gasteiger partial charge on any atom is -0.384 e. The molecule has 1 rings (SSSR count). The molecule has 0 aliphatic carbocycles. The molecule has 0 radical (unpaired) electrons. The number of amides is 1. The Balaban J connectivity index is 2.46. The lowest BCUT2D eigenvalue weighted by Crippen LogP contribution is -2.24. The van der Waals surface area contributed by atoms with E-state index in [9.17, 15) is 4.79 Å². The van der Waals surface area contributed by atoms with E-state index in [0.717, 1.165) is 14.3 Å². The highest BCUT2D eigenvalue weighted by Gasteiger charge is 2.04. The fourth-order valence-corrected chi connectivity index (χ4v) is 2.22. The van der Waals surface area contributed by atoms with Crippen LogP contribution in [0.15, 0.2) is 18.2 Å². The van der Waals surface area contributed by atoms with Gasteiger partial charge >= 0.3 is 0 Å². The van der Waals surface area contributed by atoms with Crippen LogP contribution in [0, 0.1) is 3.57 Å². The molecule has 1 N–H and O–H groups in total. The number of carbonyl (C=O) groups is 1. The minimum absolute atomic E-state index is 0.122.